The lowest BCUT2D eigenvalue weighted by Crippen LogP contribution is -2.06. The zero-order chi connectivity index (χ0) is 7.72. The van der Waals surface area contributed by atoms with Crippen molar-refractivity contribution in [2.24, 2.45) is 0 Å². The van der Waals surface area contributed by atoms with Crippen molar-refractivity contribution < 1.29 is 14.3 Å². The maximum atomic E-state index is 10.7. The summed E-state index contributed by atoms with van der Waals surface area (Å²) in [6, 6.07) is 0. The minimum Gasteiger partial charge on any atom is -0.445 e. The molecular weight excluding hydrogens is 132 g/mol. The standard InChI is InChI=1S/C7H8O3/c1-4(2)6(8)10-7-5(3)9-7/h7H,1,3H2,2H3. The number of ether oxygens (including phenoxy) is 2. The van der Waals surface area contributed by atoms with Gasteiger partial charge in [0.2, 0.25) is 0 Å². The fourth-order valence-electron chi connectivity index (χ4n) is 0.391. The van der Waals surface area contributed by atoms with Gasteiger partial charge in [0, 0.05) is 5.57 Å². The van der Waals surface area contributed by atoms with Gasteiger partial charge in [0.05, 0.1) is 0 Å². The van der Waals surface area contributed by atoms with Crippen molar-refractivity contribution in [1.82, 2.24) is 0 Å². The van der Waals surface area contributed by atoms with E-state index in [1.54, 1.807) is 6.92 Å². The minimum atomic E-state index is -0.524. The second kappa shape index (κ2) is 2.17. The van der Waals surface area contributed by atoms with Crippen LogP contribution in [-0.4, -0.2) is 12.3 Å². The van der Waals surface area contributed by atoms with E-state index in [9.17, 15) is 4.79 Å². The van der Waals surface area contributed by atoms with E-state index in [4.69, 9.17) is 0 Å². The number of hydrogen-bond acceptors (Lipinski definition) is 3. The highest BCUT2D eigenvalue weighted by atomic mass is 16.8. The molecule has 1 unspecified atom stereocenters. The molecule has 0 saturated carbocycles. The third-order valence-corrected chi connectivity index (χ3v) is 1.03. The molecule has 1 aliphatic rings. The van der Waals surface area contributed by atoms with Crippen LogP contribution < -0.4 is 0 Å². The Morgan fingerprint density at radius 1 is 1.80 bits per heavy atom. The fraction of sp³-hybridized carbons (Fsp3) is 0.286. The molecule has 1 saturated heterocycles. The van der Waals surface area contributed by atoms with Crippen molar-refractivity contribution in [2.75, 3.05) is 0 Å². The van der Waals surface area contributed by atoms with Gasteiger partial charge in [-0.15, -0.1) is 0 Å². The van der Waals surface area contributed by atoms with E-state index in [-0.39, 0.29) is 0 Å². The smallest absolute Gasteiger partial charge is 0.336 e. The van der Waals surface area contributed by atoms with Gasteiger partial charge >= 0.3 is 12.3 Å². The number of carbonyl (C=O) groups excluding carboxylic acids is 1. The van der Waals surface area contributed by atoms with Crippen LogP contribution in [0.4, 0.5) is 0 Å². The predicted octanol–water partition coefficient (Wildman–Crippen LogP) is 0.976. The molecule has 10 heavy (non-hydrogen) atoms. The number of carbonyl (C=O) groups is 1. The number of esters is 1. The van der Waals surface area contributed by atoms with Crippen LogP contribution in [-0.2, 0) is 14.3 Å². The molecule has 0 N–H and O–H groups in total. The summed E-state index contributed by atoms with van der Waals surface area (Å²) >= 11 is 0. The maximum Gasteiger partial charge on any atom is 0.336 e. The molecule has 0 amide bonds. The number of rotatable bonds is 2. The highest BCUT2D eigenvalue weighted by Gasteiger charge is 2.34. The van der Waals surface area contributed by atoms with Gasteiger partial charge in [0.1, 0.15) is 0 Å². The van der Waals surface area contributed by atoms with Crippen LogP contribution in [0.1, 0.15) is 6.92 Å². The molecule has 0 aliphatic carbocycles. The highest BCUT2D eigenvalue weighted by molar-refractivity contribution is 5.87. The van der Waals surface area contributed by atoms with E-state index in [1.807, 2.05) is 0 Å². The molecule has 1 rings (SSSR count). The molecule has 1 aliphatic heterocycles. The Morgan fingerprint density at radius 2 is 2.30 bits per heavy atom. The minimum absolute atomic E-state index is 0.364. The molecule has 0 aromatic carbocycles. The van der Waals surface area contributed by atoms with Gasteiger partial charge in [-0.2, -0.15) is 0 Å². The van der Waals surface area contributed by atoms with Gasteiger partial charge in [0.15, 0.2) is 5.76 Å². The van der Waals surface area contributed by atoms with Gasteiger partial charge in [-0.25, -0.2) is 4.79 Å². The monoisotopic (exact) mass is 140 g/mol. The Balaban J connectivity index is 2.33. The Bertz CT molecular complexity index is 205. The first-order valence-electron chi connectivity index (χ1n) is 2.83. The zero-order valence-electron chi connectivity index (χ0n) is 5.72. The lowest BCUT2D eigenvalue weighted by atomic mass is 10.4. The maximum absolute atomic E-state index is 10.7. The second-order valence-corrected chi connectivity index (χ2v) is 2.10. The zero-order valence-corrected chi connectivity index (χ0v) is 5.72. The molecule has 3 heteroatoms. The third-order valence-electron chi connectivity index (χ3n) is 1.03. The van der Waals surface area contributed by atoms with Crippen LogP contribution in [0.15, 0.2) is 24.5 Å². The van der Waals surface area contributed by atoms with Crippen LogP contribution in [0, 0.1) is 0 Å². The average Bonchev–Trinajstić information content (AvgIpc) is 2.46. The molecule has 0 radical (unpaired) electrons. The molecule has 0 aromatic heterocycles. The van der Waals surface area contributed by atoms with Gasteiger partial charge in [-0.3, -0.25) is 0 Å². The molecule has 3 nitrogen and oxygen atoms in total. The van der Waals surface area contributed by atoms with Gasteiger partial charge < -0.3 is 9.47 Å². The summed E-state index contributed by atoms with van der Waals surface area (Å²) in [5.74, 6) is 0.0539. The highest BCUT2D eigenvalue weighted by Crippen LogP contribution is 2.25. The van der Waals surface area contributed by atoms with Crippen molar-refractivity contribution in [3.63, 3.8) is 0 Å². The lowest BCUT2D eigenvalue weighted by molar-refractivity contribution is -0.143. The molecular formula is C7H8O3. The molecule has 0 spiro atoms. The van der Waals surface area contributed by atoms with E-state index >= 15 is 0 Å². The molecule has 1 fully saturated rings. The third kappa shape index (κ3) is 1.37. The first-order chi connectivity index (χ1) is 4.61. The van der Waals surface area contributed by atoms with Gasteiger partial charge in [-0.1, -0.05) is 13.2 Å². The predicted molar refractivity (Wildman–Crippen MR) is 34.9 cm³/mol. The SMILES string of the molecule is C=C(C)C(=O)OC1OC1=C. The molecule has 1 heterocycles. The van der Waals surface area contributed by atoms with Crippen LogP contribution in [0.5, 0.6) is 0 Å². The average molecular weight is 140 g/mol. The van der Waals surface area contributed by atoms with Crippen LogP contribution >= 0.6 is 0 Å². The number of epoxide rings is 1. The van der Waals surface area contributed by atoms with Crippen LogP contribution in [0.25, 0.3) is 0 Å². The lowest BCUT2D eigenvalue weighted by Gasteiger charge is -1.95. The molecule has 0 bridgehead atoms. The first-order valence-corrected chi connectivity index (χ1v) is 2.83. The van der Waals surface area contributed by atoms with Gasteiger partial charge in [0.25, 0.3) is 0 Å². The summed E-state index contributed by atoms with van der Waals surface area (Å²) in [5.41, 5.74) is 0.364. The summed E-state index contributed by atoms with van der Waals surface area (Å²) < 4.78 is 9.33. The Labute approximate surface area is 58.9 Å². The molecule has 1 atom stereocenters. The summed E-state index contributed by atoms with van der Waals surface area (Å²) in [6.07, 6.45) is -0.524. The van der Waals surface area contributed by atoms with E-state index in [1.165, 1.54) is 0 Å². The van der Waals surface area contributed by atoms with Crippen molar-refractivity contribution in [3.8, 4) is 0 Å². The van der Waals surface area contributed by atoms with Crippen LogP contribution in [0.2, 0.25) is 0 Å². The van der Waals surface area contributed by atoms with Crippen molar-refractivity contribution in [1.29, 1.82) is 0 Å². The largest absolute Gasteiger partial charge is 0.445 e. The second-order valence-electron chi connectivity index (χ2n) is 2.10. The van der Waals surface area contributed by atoms with E-state index < -0.39 is 12.3 Å². The normalized spacial score (nSPS) is 21.3. The van der Waals surface area contributed by atoms with Crippen molar-refractivity contribution in [2.45, 2.75) is 13.2 Å². The Kier molecular flexibility index (Phi) is 1.49. The van der Waals surface area contributed by atoms with Crippen molar-refractivity contribution >= 4 is 5.97 Å². The summed E-state index contributed by atoms with van der Waals surface area (Å²) in [6.45, 7) is 8.41. The Morgan fingerprint density at radius 3 is 2.60 bits per heavy atom. The summed E-state index contributed by atoms with van der Waals surface area (Å²) in [7, 11) is 0. The van der Waals surface area contributed by atoms with E-state index in [0.29, 0.717) is 11.3 Å². The first kappa shape index (κ1) is 6.86. The molecule has 0 aromatic rings. The fourth-order valence-corrected chi connectivity index (χ4v) is 0.391. The topological polar surface area (TPSA) is 38.8 Å². The van der Waals surface area contributed by atoms with E-state index in [2.05, 4.69) is 22.6 Å². The van der Waals surface area contributed by atoms with Gasteiger partial charge in [-0.05, 0) is 6.92 Å². The quantitative estimate of drug-likeness (QED) is 0.326. The number of hydrogen-bond donors (Lipinski definition) is 0. The summed E-state index contributed by atoms with van der Waals surface area (Å²) in [5, 5.41) is 0. The van der Waals surface area contributed by atoms with E-state index in [0.717, 1.165) is 0 Å². The summed E-state index contributed by atoms with van der Waals surface area (Å²) in [4.78, 5) is 10.7. The van der Waals surface area contributed by atoms with Crippen molar-refractivity contribution in [3.05, 3.63) is 24.5 Å². The van der Waals surface area contributed by atoms with Crippen LogP contribution in [0.3, 0.4) is 0 Å². The molecule has 54 valence electrons. The Hall–Kier alpha value is -1.25.